The molecule has 7 heteroatoms. The Kier molecular flexibility index (Phi) is 4.24. The molecule has 0 radical (unpaired) electrons. The molecule has 23 heavy (non-hydrogen) atoms. The molecule has 3 rings (SSSR count). The van der Waals surface area contributed by atoms with Crippen molar-refractivity contribution in [3.05, 3.63) is 45.7 Å². The summed E-state index contributed by atoms with van der Waals surface area (Å²) >= 11 is 7.33. The highest BCUT2D eigenvalue weighted by atomic mass is 35.5. The maximum Gasteiger partial charge on any atom is 0.243 e. The predicted molar refractivity (Wildman–Crippen MR) is 90.9 cm³/mol. The van der Waals surface area contributed by atoms with Crippen molar-refractivity contribution in [2.45, 2.75) is 13.8 Å². The largest absolute Gasteiger partial charge is 0.437 e. The molecule has 0 saturated heterocycles. The highest BCUT2D eigenvalue weighted by Gasteiger charge is 2.14. The molecule has 2 aromatic heterocycles. The van der Waals surface area contributed by atoms with E-state index in [4.69, 9.17) is 21.6 Å². The molecule has 0 aliphatic carbocycles. The van der Waals surface area contributed by atoms with Crippen LogP contribution in [0, 0.1) is 25.2 Å². The molecule has 0 spiro atoms. The van der Waals surface area contributed by atoms with Gasteiger partial charge in [0, 0.05) is 6.08 Å². The van der Waals surface area contributed by atoms with Crippen molar-refractivity contribution >= 4 is 39.4 Å². The Hall–Kier alpha value is -2.49. The quantitative estimate of drug-likeness (QED) is 0.510. The average Bonchev–Trinajstić information content (AvgIpc) is 2.96. The number of aryl methyl sites for hydroxylation is 2. The van der Waals surface area contributed by atoms with Gasteiger partial charge >= 0.3 is 0 Å². The number of rotatable bonds is 3. The van der Waals surface area contributed by atoms with Crippen LogP contribution in [0.15, 0.2) is 23.7 Å². The number of nitrogens with zero attached hydrogens (tertiary/aromatic N) is 4. The summed E-state index contributed by atoms with van der Waals surface area (Å²) < 4.78 is 6.75. The van der Waals surface area contributed by atoms with Gasteiger partial charge in [-0.3, -0.25) is 0 Å². The normalized spacial score (nSPS) is 11.0. The van der Waals surface area contributed by atoms with Crippen LogP contribution in [-0.2, 0) is 0 Å². The summed E-state index contributed by atoms with van der Waals surface area (Å²) in [6.45, 7) is 3.89. The molecule has 0 unspecified atom stereocenters. The molecule has 1 aromatic carbocycles. The van der Waals surface area contributed by atoms with Crippen molar-refractivity contribution in [3.8, 4) is 17.7 Å². The molecule has 0 aliphatic heterocycles. The summed E-state index contributed by atoms with van der Waals surface area (Å²) in [5.74, 6) is 1.11. The van der Waals surface area contributed by atoms with Gasteiger partial charge in [0.15, 0.2) is 5.65 Å². The van der Waals surface area contributed by atoms with E-state index in [0.29, 0.717) is 17.3 Å². The van der Waals surface area contributed by atoms with Crippen LogP contribution in [0.3, 0.4) is 0 Å². The van der Waals surface area contributed by atoms with Gasteiger partial charge in [-0.1, -0.05) is 0 Å². The fourth-order valence-corrected chi connectivity index (χ4v) is 3.06. The molecule has 0 fully saturated rings. The first-order valence-corrected chi connectivity index (χ1v) is 7.96. The number of ether oxygens (including phenoxy) is 1. The van der Waals surface area contributed by atoms with E-state index in [1.165, 1.54) is 17.4 Å². The number of thiazole rings is 1. The lowest BCUT2D eigenvalue weighted by Gasteiger charge is -2.12. The third-order valence-corrected chi connectivity index (χ3v) is 4.14. The van der Waals surface area contributed by atoms with E-state index < -0.39 is 0 Å². The van der Waals surface area contributed by atoms with Crippen LogP contribution in [0.4, 0.5) is 0 Å². The van der Waals surface area contributed by atoms with Gasteiger partial charge in [-0.15, -0.1) is 11.3 Å². The molecular weight excluding hydrogens is 332 g/mol. The summed E-state index contributed by atoms with van der Waals surface area (Å²) in [7, 11) is 0. The average molecular weight is 343 g/mol. The Morgan fingerprint density at radius 1 is 1.26 bits per heavy atom. The molecule has 114 valence electrons. The molecule has 5 nitrogen and oxygen atoms in total. The second-order valence-electron chi connectivity index (χ2n) is 4.85. The van der Waals surface area contributed by atoms with Crippen LogP contribution >= 0.6 is 22.9 Å². The number of allylic oxidation sites excluding steroid dienone is 1. The fourth-order valence-electron chi connectivity index (χ4n) is 2.25. The van der Waals surface area contributed by atoms with Crippen molar-refractivity contribution in [2.75, 3.05) is 0 Å². The highest BCUT2D eigenvalue weighted by Crippen LogP contribution is 2.34. The molecule has 0 bridgehead atoms. The molecule has 2 heterocycles. The Bertz CT molecular complexity index is 935. The Balaban J connectivity index is 2.04. The zero-order valence-electron chi connectivity index (χ0n) is 12.4. The van der Waals surface area contributed by atoms with E-state index in [9.17, 15) is 0 Å². The first kappa shape index (κ1) is 15.4. The number of halogens is 1. The Morgan fingerprint density at radius 3 is 2.70 bits per heavy atom. The van der Waals surface area contributed by atoms with Crippen LogP contribution in [0.1, 0.15) is 16.7 Å². The van der Waals surface area contributed by atoms with Gasteiger partial charge < -0.3 is 4.74 Å². The summed E-state index contributed by atoms with van der Waals surface area (Å²) in [6, 6.07) is 5.88. The summed E-state index contributed by atoms with van der Waals surface area (Å²) in [4.78, 5) is 12.4. The monoisotopic (exact) mass is 342 g/mol. The lowest BCUT2D eigenvalue weighted by atomic mass is 10.1. The highest BCUT2D eigenvalue weighted by molar-refractivity contribution is 7.17. The van der Waals surface area contributed by atoms with E-state index in [1.54, 1.807) is 11.6 Å². The third kappa shape index (κ3) is 3.16. The topological polar surface area (TPSA) is 71.7 Å². The minimum absolute atomic E-state index is 0.0993. The summed E-state index contributed by atoms with van der Waals surface area (Å²) in [6.07, 6.45) is 3.20. The van der Waals surface area contributed by atoms with Crippen molar-refractivity contribution < 1.29 is 4.74 Å². The van der Waals surface area contributed by atoms with Gasteiger partial charge in [0.2, 0.25) is 11.2 Å². The van der Waals surface area contributed by atoms with Crippen molar-refractivity contribution in [1.82, 2.24) is 15.0 Å². The minimum atomic E-state index is 0.0993. The summed E-state index contributed by atoms with van der Waals surface area (Å²) in [5.41, 5.74) is 5.02. The van der Waals surface area contributed by atoms with Crippen LogP contribution in [0.2, 0.25) is 5.28 Å². The number of aromatic nitrogens is 3. The van der Waals surface area contributed by atoms with Crippen molar-refractivity contribution in [3.63, 3.8) is 0 Å². The lowest BCUT2D eigenvalue weighted by molar-refractivity contribution is 0.462. The summed E-state index contributed by atoms with van der Waals surface area (Å²) in [5, 5.41) is 8.73. The molecular formula is C16H11ClN4OS. The molecule has 3 aromatic rings. The first-order chi connectivity index (χ1) is 11.1. The van der Waals surface area contributed by atoms with Crippen LogP contribution < -0.4 is 4.74 Å². The first-order valence-electron chi connectivity index (χ1n) is 6.70. The van der Waals surface area contributed by atoms with E-state index in [2.05, 4.69) is 15.0 Å². The van der Waals surface area contributed by atoms with Crippen LogP contribution in [0.25, 0.3) is 16.4 Å². The Morgan fingerprint density at radius 2 is 2.00 bits per heavy atom. The van der Waals surface area contributed by atoms with E-state index in [1.807, 2.05) is 32.0 Å². The zero-order valence-corrected chi connectivity index (χ0v) is 13.9. The SMILES string of the molecule is Cc1cc(/C=C/C#N)cc(C)c1Oc1nc(Cl)nc2ncsc12. The Labute approximate surface area is 141 Å². The van der Waals surface area contributed by atoms with Crippen LogP contribution in [-0.4, -0.2) is 15.0 Å². The van der Waals surface area contributed by atoms with E-state index in [0.717, 1.165) is 21.4 Å². The molecule has 0 N–H and O–H groups in total. The maximum atomic E-state index is 8.63. The van der Waals surface area contributed by atoms with Gasteiger partial charge in [-0.25, -0.2) is 4.98 Å². The number of nitriles is 1. The fraction of sp³-hybridized carbons (Fsp3) is 0.125. The molecule has 0 amide bonds. The lowest BCUT2D eigenvalue weighted by Crippen LogP contribution is -1.96. The van der Waals surface area contributed by atoms with Gasteiger partial charge in [0.1, 0.15) is 10.4 Å². The van der Waals surface area contributed by atoms with Crippen molar-refractivity contribution in [1.29, 1.82) is 5.26 Å². The second-order valence-corrected chi connectivity index (χ2v) is 6.04. The minimum Gasteiger partial charge on any atom is -0.437 e. The number of benzene rings is 1. The number of hydrogen-bond donors (Lipinski definition) is 0. The van der Waals surface area contributed by atoms with Gasteiger partial charge in [0.25, 0.3) is 0 Å². The number of fused-ring (bicyclic) bond motifs is 1. The van der Waals surface area contributed by atoms with Crippen molar-refractivity contribution in [2.24, 2.45) is 0 Å². The molecule has 0 aliphatic rings. The zero-order chi connectivity index (χ0) is 16.4. The molecule has 0 saturated carbocycles. The molecule has 0 atom stereocenters. The second kappa shape index (κ2) is 6.32. The predicted octanol–water partition coefficient (Wildman–Crippen LogP) is 4.69. The third-order valence-electron chi connectivity index (χ3n) is 3.17. The maximum absolute atomic E-state index is 8.63. The van der Waals surface area contributed by atoms with Gasteiger partial charge in [0.05, 0.1) is 11.6 Å². The van der Waals surface area contributed by atoms with Gasteiger partial charge in [-0.05, 0) is 60.3 Å². The van der Waals surface area contributed by atoms with Gasteiger partial charge in [-0.2, -0.15) is 15.2 Å². The van der Waals surface area contributed by atoms with E-state index >= 15 is 0 Å². The smallest absolute Gasteiger partial charge is 0.243 e. The van der Waals surface area contributed by atoms with Crippen LogP contribution in [0.5, 0.6) is 11.6 Å². The standard InChI is InChI=1S/C16H11ClN4OS/c1-9-6-11(4-3-5-18)7-10(2)12(9)22-15-13-14(19-8-23-13)20-16(17)21-15/h3-4,6-8H,1-2H3/b4-3+. The van der Waals surface area contributed by atoms with E-state index in [-0.39, 0.29) is 5.28 Å². The number of hydrogen-bond acceptors (Lipinski definition) is 6.